The topological polar surface area (TPSA) is 84.6 Å². The molecule has 0 aliphatic heterocycles. The molecule has 0 aliphatic rings. The molecular formula is C18H22N2O4. The van der Waals surface area contributed by atoms with Crippen LogP contribution in [0.4, 0.5) is 5.69 Å². The first-order valence-electron chi connectivity index (χ1n) is 7.74. The number of para-hydroxylation sites is 1. The lowest BCUT2D eigenvalue weighted by atomic mass is 9.94. The summed E-state index contributed by atoms with van der Waals surface area (Å²) in [7, 11) is 0. The summed E-state index contributed by atoms with van der Waals surface area (Å²) in [5.74, 6) is 0.714. The smallest absolute Gasteiger partial charge is 0.269 e. The van der Waals surface area contributed by atoms with Crippen molar-refractivity contribution in [3.05, 3.63) is 70.3 Å². The zero-order chi connectivity index (χ0) is 17.6. The Balaban J connectivity index is 1.85. The highest BCUT2D eigenvalue weighted by molar-refractivity contribution is 5.35. The van der Waals surface area contributed by atoms with Crippen molar-refractivity contribution in [3.8, 4) is 5.75 Å². The Morgan fingerprint density at radius 2 is 1.79 bits per heavy atom. The van der Waals surface area contributed by atoms with Crippen LogP contribution in [0.1, 0.15) is 19.4 Å². The van der Waals surface area contributed by atoms with Gasteiger partial charge in [-0.2, -0.15) is 0 Å². The van der Waals surface area contributed by atoms with Gasteiger partial charge in [0, 0.05) is 24.2 Å². The molecule has 2 aromatic rings. The van der Waals surface area contributed by atoms with E-state index in [0.29, 0.717) is 12.3 Å². The third-order valence-electron chi connectivity index (χ3n) is 3.77. The summed E-state index contributed by atoms with van der Waals surface area (Å²) in [5.41, 5.74) is 0.540. The monoisotopic (exact) mass is 330 g/mol. The van der Waals surface area contributed by atoms with Gasteiger partial charge in [-0.3, -0.25) is 10.1 Å². The molecular weight excluding hydrogens is 308 g/mol. The first kappa shape index (κ1) is 17.9. The normalized spacial score (nSPS) is 12.6. The summed E-state index contributed by atoms with van der Waals surface area (Å²) in [6.07, 6.45) is -0.664. The number of hydrogen-bond acceptors (Lipinski definition) is 5. The molecule has 6 heteroatoms. The van der Waals surface area contributed by atoms with E-state index in [9.17, 15) is 15.2 Å². The molecule has 0 fully saturated rings. The van der Waals surface area contributed by atoms with E-state index in [-0.39, 0.29) is 12.3 Å². The maximum absolute atomic E-state index is 10.7. The van der Waals surface area contributed by atoms with Crippen LogP contribution in [0.25, 0.3) is 0 Å². The first-order chi connectivity index (χ1) is 11.4. The second-order valence-electron chi connectivity index (χ2n) is 6.09. The van der Waals surface area contributed by atoms with Crippen LogP contribution in [0.3, 0.4) is 0 Å². The molecule has 0 saturated carbocycles. The Kier molecular flexibility index (Phi) is 5.89. The quantitative estimate of drug-likeness (QED) is 0.574. The van der Waals surface area contributed by atoms with Crippen molar-refractivity contribution in [2.24, 2.45) is 0 Å². The molecule has 24 heavy (non-hydrogen) atoms. The van der Waals surface area contributed by atoms with E-state index in [1.807, 2.05) is 44.2 Å². The predicted molar refractivity (Wildman–Crippen MR) is 92.1 cm³/mol. The third kappa shape index (κ3) is 5.04. The van der Waals surface area contributed by atoms with Gasteiger partial charge in [0.25, 0.3) is 5.69 Å². The minimum absolute atomic E-state index is 0.0610. The van der Waals surface area contributed by atoms with E-state index in [2.05, 4.69) is 5.32 Å². The highest BCUT2D eigenvalue weighted by atomic mass is 16.6. The van der Waals surface area contributed by atoms with Crippen molar-refractivity contribution >= 4 is 5.69 Å². The van der Waals surface area contributed by atoms with Crippen molar-refractivity contribution in [2.75, 3.05) is 13.2 Å². The van der Waals surface area contributed by atoms with Crippen molar-refractivity contribution in [1.29, 1.82) is 0 Å². The van der Waals surface area contributed by atoms with Crippen LogP contribution in [0.2, 0.25) is 0 Å². The highest BCUT2D eigenvalue weighted by Gasteiger charge is 2.22. The summed E-state index contributed by atoms with van der Waals surface area (Å²) < 4.78 is 5.52. The van der Waals surface area contributed by atoms with Gasteiger partial charge in [-0.1, -0.05) is 30.3 Å². The van der Waals surface area contributed by atoms with Gasteiger partial charge < -0.3 is 15.2 Å². The standard InChI is InChI=1S/C18H22N2O4/c1-18(2,14-8-10-15(11-9-14)20(22)23)19-12-16(21)13-24-17-6-4-3-5-7-17/h3-11,16,19,21H,12-13H2,1-2H3. The Hall–Kier alpha value is -2.44. The number of nitrogens with one attached hydrogen (secondary N) is 1. The van der Waals surface area contributed by atoms with E-state index >= 15 is 0 Å². The van der Waals surface area contributed by atoms with Crippen molar-refractivity contribution in [3.63, 3.8) is 0 Å². The third-order valence-corrected chi connectivity index (χ3v) is 3.77. The Morgan fingerprint density at radius 1 is 1.17 bits per heavy atom. The van der Waals surface area contributed by atoms with E-state index in [1.54, 1.807) is 12.1 Å². The van der Waals surface area contributed by atoms with Gasteiger partial charge in [-0.25, -0.2) is 0 Å². The molecule has 2 aromatic carbocycles. The van der Waals surface area contributed by atoms with Crippen LogP contribution in [0.15, 0.2) is 54.6 Å². The van der Waals surface area contributed by atoms with Gasteiger partial charge in [-0.15, -0.1) is 0 Å². The van der Waals surface area contributed by atoms with E-state index in [4.69, 9.17) is 4.74 Å². The number of nitro benzene ring substituents is 1. The number of aliphatic hydroxyl groups is 1. The molecule has 6 nitrogen and oxygen atoms in total. The number of rotatable bonds is 8. The number of aliphatic hydroxyl groups excluding tert-OH is 1. The Bertz CT molecular complexity index is 656. The van der Waals surface area contributed by atoms with Gasteiger partial charge in [0.05, 0.1) is 4.92 Å². The molecule has 0 radical (unpaired) electrons. The minimum atomic E-state index is -0.664. The van der Waals surface area contributed by atoms with E-state index < -0.39 is 16.6 Å². The molecule has 0 heterocycles. The molecule has 0 spiro atoms. The van der Waals surface area contributed by atoms with Crippen LogP contribution in [-0.2, 0) is 5.54 Å². The lowest BCUT2D eigenvalue weighted by Crippen LogP contribution is -2.42. The van der Waals surface area contributed by atoms with E-state index in [0.717, 1.165) is 5.56 Å². The zero-order valence-electron chi connectivity index (χ0n) is 13.8. The van der Waals surface area contributed by atoms with Gasteiger partial charge in [-0.05, 0) is 31.5 Å². The van der Waals surface area contributed by atoms with Gasteiger partial charge >= 0.3 is 0 Å². The lowest BCUT2D eigenvalue weighted by Gasteiger charge is -2.28. The number of nitro groups is 1. The van der Waals surface area contributed by atoms with Crippen molar-refractivity contribution in [1.82, 2.24) is 5.32 Å². The highest BCUT2D eigenvalue weighted by Crippen LogP contribution is 2.22. The molecule has 2 rings (SSSR count). The number of ether oxygens (including phenoxy) is 1. The summed E-state index contributed by atoms with van der Waals surface area (Å²) in [6, 6.07) is 15.7. The molecule has 0 aliphatic carbocycles. The van der Waals surface area contributed by atoms with Crippen LogP contribution in [0, 0.1) is 10.1 Å². The van der Waals surface area contributed by atoms with Gasteiger partial charge in [0.1, 0.15) is 18.5 Å². The van der Waals surface area contributed by atoms with Gasteiger partial charge in [0.2, 0.25) is 0 Å². The number of nitrogens with zero attached hydrogens (tertiary/aromatic N) is 1. The van der Waals surface area contributed by atoms with Crippen LogP contribution in [0.5, 0.6) is 5.75 Å². The average Bonchev–Trinajstić information content (AvgIpc) is 2.59. The Labute approximate surface area is 141 Å². The molecule has 0 bridgehead atoms. The fraction of sp³-hybridized carbons (Fsp3) is 0.333. The minimum Gasteiger partial charge on any atom is -0.491 e. The molecule has 0 aromatic heterocycles. The fourth-order valence-electron chi connectivity index (χ4n) is 2.24. The molecule has 1 unspecified atom stereocenters. The van der Waals surface area contributed by atoms with Crippen molar-refractivity contribution < 1.29 is 14.8 Å². The number of benzene rings is 2. The first-order valence-corrected chi connectivity index (χ1v) is 7.74. The Morgan fingerprint density at radius 3 is 2.38 bits per heavy atom. The molecule has 1 atom stereocenters. The fourth-order valence-corrected chi connectivity index (χ4v) is 2.24. The maximum Gasteiger partial charge on any atom is 0.269 e. The second kappa shape index (κ2) is 7.90. The second-order valence-corrected chi connectivity index (χ2v) is 6.09. The maximum atomic E-state index is 10.7. The number of non-ortho nitro benzene ring substituents is 1. The summed E-state index contributed by atoms with van der Waals surface area (Å²) in [6.45, 7) is 4.45. The van der Waals surface area contributed by atoms with Crippen LogP contribution < -0.4 is 10.1 Å². The van der Waals surface area contributed by atoms with Gasteiger partial charge in [0.15, 0.2) is 0 Å². The molecule has 128 valence electrons. The average molecular weight is 330 g/mol. The predicted octanol–water partition coefficient (Wildman–Crippen LogP) is 2.86. The summed E-state index contributed by atoms with van der Waals surface area (Å²) in [4.78, 5) is 10.3. The molecule has 2 N–H and O–H groups in total. The zero-order valence-corrected chi connectivity index (χ0v) is 13.8. The summed E-state index contributed by atoms with van der Waals surface area (Å²) in [5, 5.41) is 24.0. The molecule has 0 saturated heterocycles. The largest absolute Gasteiger partial charge is 0.491 e. The lowest BCUT2D eigenvalue weighted by molar-refractivity contribution is -0.384. The number of hydrogen-bond donors (Lipinski definition) is 2. The van der Waals surface area contributed by atoms with E-state index in [1.165, 1.54) is 12.1 Å². The van der Waals surface area contributed by atoms with Crippen LogP contribution >= 0.6 is 0 Å². The van der Waals surface area contributed by atoms with Crippen LogP contribution in [-0.4, -0.2) is 29.3 Å². The SMILES string of the molecule is CC(C)(NCC(O)COc1ccccc1)c1ccc([N+](=O)[O-])cc1. The van der Waals surface area contributed by atoms with Crippen molar-refractivity contribution in [2.45, 2.75) is 25.5 Å². The molecule has 0 amide bonds. The summed E-state index contributed by atoms with van der Waals surface area (Å²) >= 11 is 0.